The number of benzene rings is 1. The molecule has 1 aromatic carbocycles. The molecule has 0 radical (unpaired) electrons. The minimum absolute atomic E-state index is 0.263. The number of carboxylic acid groups (broad SMARTS) is 1. The van der Waals surface area contributed by atoms with Gasteiger partial charge in [-0.05, 0) is 25.1 Å². The van der Waals surface area contributed by atoms with Gasteiger partial charge in [-0.1, -0.05) is 13.0 Å². The maximum atomic E-state index is 10.9. The maximum Gasteiger partial charge on any atom is 0.335 e. The lowest BCUT2D eigenvalue weighted by Gasteiger charge is -2.37. The predicted octanol–water partition coefficient (Wildman–Crippen LogP) is 2.59. The van der Waals surface area contributed by atoms with Crippen molar-refractivity contribution >= 4 is 17.7 Å². The van der Waals surface area contributed by atoms with Crippen molar-refractivity contribution in [3.05, 3.63) is 29.8 Å². The number of aromatic carboxylic acids is 1. The van der Waals surface area contributed by atoms with Crippen LogP contribution in [0.1, 0.15) is 24.2 Å². The summed E-state index contributed by atoms with van der Waals surface area (Å²) in [5.74, 6) is 0.864. The first-order valence-electron chi connectivity index (χ1n) is 6.89. The lowest BCUT2D eigenvalue weighted by molar-refractivity contribution is 0.0696. The molecule has 1 aliphatic rings. The van der Waals surface area contributed by atoms with Gasteiger partial charge in [-0.15, -0.1) is 0 Å². The van der Waals surface area contributed by atoms with Crippen LogP contribution in [0.4, 0.5) is 0 Å². The largest absolute Gasteiger partial charge is 0.492 e. The van der Waals surface area contributed by atoms with Crippen LogP contribution in [-0.4, -0.2) is 52.7 Å². The Hall–Kier alpha value is -1.20. The summed E-state index contributed by atoms with van der Waals surface area (Å²) < 4.78 is 5.67. The SMILES string of the molecule is CC1SCCN(CCOc2cccc(C(=O)O)c2)C1C. The van der Waals surface area contributed by atoms with E-state index >= 15 is 0 Å². The summed E-state index contributed by atoms with van der Waals surface area (Å²) in [5, 5.41) is 9.59. The summed E-state index contributed by atoms with van der Waals surface area (Å²) >= 11 is 2.02. The molecule has 4 nitrogen and oxygen atoms in total. The molecule has 1 heterocycles. The van der Waals surface area contributed by atoms with Gasteiger partial charge in [0.25, 0.3) is 0 Å². The van der Waals surface area contributed by atoms with Gasteiger partial charge >= 0.3 is 5.97 Å². The Balaban J connectivity index is 1.83. The second-order valence-electron chi connectivity index (χ2n) is 5.03. The van der Waals surface area contributed by atoms with Gasteiger partial charge in [0.2, 0.25) is 0 Å². The average molecular weight is 295 g/mol. The fourth-order valence-electron chi connectivity index (χ4n) is 2.31. The molecule has 0 aromatic heterocycles. The van der Waals surface area contributed by atoms with E-state index in [2.05, 4.69) is 18.7 Å². The van der Waals surface area contributed by atoms with Crippen LogP contribution in [-0.2, 0) is 0 Å². The number of thioether (sulfide) groups is 1. The summed E-state index contributed by atoms with van der Waals surface area (Å²) in [6, 6.07) is 7.20. The molecule has 2 rings (SSSR count). The molecule has 0 saturated carbocycles. The molecule has 1 fully saturated rings. The van der Waals surface area contributed by atoms with Crippen LogP contribution >= 0.6 is 11.8 Å². The summed E-state index contributed by atoms with van der Waals surface area (Å²) in [6.45, 7) is 7.07. The zero-order chi connectivity index (χ0) is 14.5. The Morgan fingerprint density at radius 1 is 1.50 bits per heavy atom. The standard InChI is InChI=1S/C15H21NO3S/c1-11-12(2)20-9-7-16(11)6-8-19-14-5-3-4-13(10-14)15(17)18/h3-5,10-12H,6-9H2,1-2H3,(H,17,18). The van der Waals surface area contributed by atoms with E-state index < -0.39 is 5.97 Å². The van der Waals surface area contributed by atoms with Crippen LogP contribution in [0.15, 0.2) is 24.3 Å². The Morgan fingerprint density at radius 3 is 3.05 bits per heavy atom. The minimum Gasteiger partial charge on any atom is -0.492 e. The van der Waals surface area contributed by atoms with Gasteiger partial charge < -0.3 is 9.84 Å². The van der Waals surface area contributed by atoms with E-state index in [4.69, 9.17) is 9.84 Å². The van der Waals surface area contributed by atoms with Crippen molar-refractivity contribution < 1.29 is 14.6 Å². The Labute approximate surface area is 124 Å². The Morgan fingerprint density at radius 2 is 2.30 bits per heavy atom. The number of hydrogen-bond donors (Lipinski definition) is 1. The van der Waals surface area contributed by atoms with Gasteiger partial charge in [-0.2, -0.15) is 11.8 Å². The van der Waals surface area contributed by atoms with Crippen molar-refractivity contribution in [1.82, 2.24) is 4.90 Å². The highest BCUT2D eigenvalue weighted by atomic mass is 32.2. The zero-order valence-electron chi connectivity index (χ0n) is 11.9. The Kier molecular flexibility index (Phi) is 5.31. The van der Waals surface area contributed by atoms with Crippen molar-refractivity contribution in [2.75, 3.05) is 25.4 Å². The third kappa shape index (κ3) is 3.90. The molecule has 20 heavy (non-hydrogen) atoms. The quantitative estimate of drug-likeness (QED) is 0.905. The summed E-state index contributed by atoms with van der Waals surface area (Å²) in [4.78, 5) is 13.3. The number of ether oxygens (including phenoxy) is 1. The molecule has 2 unspecified atom stereocenters. The third-order valence-corrected chi connectivity index (χ3v) is 5.08. The molecule has 1 saturated heterocycles. The van der Waals surface area contributed by atoms with Crippen LogP contribution in [0.2, 0.25) is 0 Å². The first kappa shape index (κ1) is 15.2. The monoisotopic (exact) mass is 295 g/mol. The third-order valence-electron chi connectivity index (χ3n) is 3.74. The van der Waals surface area contributed by atoms with Gasteiger partial charge in [-0.3, -0.25) is 4.90 Å². The number of carboxylic acids is 1. The predicted molar refractivity (Wildman–Crippen MR) is 81.9 cm³/mol. The fourth-order valence-corrected chi connectivity index (χ4v) is 3.47. The van der Waals surface area contributed by atoms with Crippen molar-refractivity contribution in [3.8, 4) is 5.75 Å². The van der Waals surface area contributed by atoms with Crippen molar-refractivity contribution in [2.45, 2.75) is 25.1 Å². The lowest BCUT2D eigenvalue weighted by atomic mass is 10.2. The van der Waals surface area contributed by atoms with Gasteiger partial charge in [0.05, 0.1) is 5.56 Å². The van der Waals surface area contributed by atoms with Gasteiger partial charge in [0, 0.05) is 30.1 Å². The summed E-state index contributed by atoms with van der Waals surface area (Å²) in [5.41, 5.74) is 0.263. The highest BCUT2D eigenvalue weighted by Crippen LogP contribution is 2.23. The highest BCUT2D eigenvalue weighted by molar-refractivity contribution is 8.00. The fraction of sp³-hybridized carbons (Fsp3) is 0.533. The van der Waals surface area contributed by atoms with Crippen molar-refractivity contribution in [2.24, 2.45) is 0 Å². The molecule has 0 aliphatic carbocycles. The second-order valence-corrected chi connectivity index (χ2v) is 6.52. The molecule has 2 atom stereocenters. The molecular weight excluding hydrogens is 274 g/mol. The first-order chi connectivity index (χ1) is 9.58. The van der Waals surface area contributed by atoms with E-state index in [1.54, 1.807) is 24.3 Å². The molecule has 0 spiro atoms. The van der Waals surface area contributed by atoms with E-state index in [-0.39, 0.29) is 5.56 Å². The Bertz CT molecular complexity index is 466. The molecule has 5 heteroatoms. The number of nitrogens with zero attached hydrogens (tertiary/aromatic N) is 1. The average Bonchev–Trinajstić information content (AvgIpc) is 2.44. The number of rotatable bonds is 5. The van der Waals surface area contributed by atoms with Crippen LogP contribution < -0.4 is 4.74 Å². The van der Waals surface area contributed by atoms with E-state index in [1.165, 1.54) is 5.75 Å². The minimum atomic E-state index is -0.925. The zero-order valence-corrected chi connectivity index (χ0v) is 12.7. The van der Waals surface area contributed by atoms with E-state index in [0.717, 1.165) is 13.1 Å². The lowest BCUT2D eigenvalue weighted by Crippen LogP contribution is -2.46. The first-order valence-corrected chi connectivity index (χ1v) is 7.94. The molecule has 1 aliphatic heterocycles. The summed E-state index contributed by atoms with van der Waals surface area (Å²) in [7, 11) is 0. The molecule has 0 bridgehead atoms. The normalized spacial score (nSPS) is 23.5. The molecular formula is C15H21NO3S. The van der Waals surface area contributed by atoms with Crippen LogP contribution in [0.3, 0.4) is 0 Å². The van der Waals surface area contributed by atoms with Crippen molar-refractivity contribution in [3.63, 3.8) is 0 Å². The van der Waals surface area contributed by atoms with Crippen LogP contribution in [0, 0.1) is 0 Å². The van der Waals surface area contributed by atoms with E-state index in [1.807, 2.05) is 11.8 Å². The maximum absolute atomic E-state index is 10.9. The van der Waals surface area contributed by atoms with E-state index in [0.29, 0.717) is 23.6 Å². The van der Waals surface area contributed by atoms with Gasteiger partial charge in [0.1, 0.15) is 12.4 Å². The topological polar surface area (TPSA) is 49.8 Å². The van der Waals surface area contributed by atoms with Gasteiger partial charge in [0.15, 0.2) is 0 Å². The number of hydrogen-bond acceptors (Lipinski definition) is 4. The molecule has 110 valence electrons. The number of carbonyl (C=O) groups is 1. The highest BCUT2D eigenvalue weighted by Gasteiger charge is 2.24. The second kappa shape index (κ2) is 6.99. The van der Waals surface area contributed by atoms with Crippen molar-refractivity contribution in [1.29, 1.82) is 0 Å². The summed E-state index contributed by atoms with van der Waals surface area (Å²) in [6.07, 6.45) is 0. The molecule has 1 aromatic rings. The molecule has 0 amide bonds. The van der Waals surface area contributed by atoms with Crippen LogP contribution in [0.25, 0.3) is 0 Å². The smallest absolute Gasteiger partial charge is 0.335 e. The van der Waals surface area contributed by atoms with E-state index in [9.17, 15) is 4.79 Å². The van der Waals surface area contributed by atoms with Gasteiger partial charge in [-0.25, -0.2) is 4.79 Å². The van der Waals surface area contributed by atoms with Crippen LogP contribution in [0.5, 0.6) is 5.75 Å². The molecule has 1 N–H and O–H groups in total.